The molecular formula is C21H25FN2O. The van der Waals surface area contributed by atoms with Gasteiger partial charge in [0.2, 0.25) is 0 Å². The molecule has 2 aromatic rings. The minimum Gasteiger partial charge on any atom is -0.383 e. The Morgan fingerprint density at radius 2 is 1.80 bits per heavy atom. The van der Waals surface area contributed by atoms with E-state index in [9.17, 15) is 9.50 Å². The highest BCUT2D eigenvalue weighted by atomic mass is 19.1. The SMILES string of the molecule is Cc1ccc(C2(O)C3CCCC2CN(Cc2ccc(F)cc2)C3)nc1. The van der Waals surface area contributed by atoms with Crippen molar-refractivity contribution in [3.63, 3.8) is 0 Å². The number of hydrogen-bond acceptors (Lipinski definition) is 3. The predicted molar refractivity (Wildman–Crippen MR) is 95.4 cm³/mol. The molecule has 1 aliphatic heterocycles. The van der Waals surface area contributed by atoms with Crippen LogP contribution in [0.3, 0.4) is 0 Å². The van der Waals surface area contributed by atoms with E-state index in [1.807, 2.05) is 37.4 Å². The van der Waals surface area contributed by atoms with Crippen LogP contribution in [0, 0.1) is 24.6 Å². The maximum absolute atomic E-state index is 13.1. The van der Waals surface area contributed by atoms with E-state index < -0.39 is 5.60 Å². The highest BCUT2D eigenvalue weighted by Gasteiger charge is 2.52. The number of piperidine rings is 1. The molecule has 0 spiro atoms. The van der Waals surface area contributed by atoms with Crippen molar-refractivity contribution >= 4 is 0 Å². The molecule has 0 amide bonds. The lowest BCUT2D eigenvalue weighted by molar-refractivity contribution is -0.151. The molecule has 2 fully saturated rings. The molecule has 1 aromatic carbocycles. The van der Waals surface area contributed by atoms with Crippen LogP contribution in [-0.2, 0) is 12.1 Å². The second kappa shape index (κ2) is 6.50. The van der Waals surface area contributed by atoms with Gasteiger partial charge in [0.1, 0.15) is 11.4 Å². The lowest BCUT2D eigenvalue weighted by atomic mass is 9.64. The maximum atomic E-state index is 13.1. The van der Waals surface area contributed by atoms with Gasteiger partial charge >= 0.3 is 0 Å². The number of benzene rings is 1. The number of nitrogens with zero attached hydrogens (tertiary/aromatic N) is 2. The van der Waals surface area contributed by atoms with E-state index >= 15 is 0 Å². The number of aliphatic hydroxyl groups is 1. The number of likely N-dealkylation sites (tertiary alicyclic amines) is 1. The summed E-state index contributed by atoms with van der Waals surface area (Å²) in [5.74, 6) is 0.213. The smallest absolute Gasteiger partial charge is 0.123 e. The highest BCUT2D eigenvalue weighted by Crippen LogP contribution is 2.48. The Morgan fingerprint density at radius 3 is 2.40 bits per heavy atom. The molecule has 4 heteroatoms. The van der Waals surface area contributed by atoms with Gasteiger partial charge in [-0.15, -0.1) is 0 Å². The van der Waals surface area contributed by atoms with Gasteiger partial charge in [0.25, 0.3) is 0 Å². The number of rotatable bonds is 3. The Kier molecular flexibility index (Phi) is 4.34. The minimum atomic E-state index is -0.814. The second-order valence-electron chi connectivity index (χ2n) is 7.69. The largest absolute Gasteiger partial charge is 0.383 e. The van der Waals surface area contributed by atoms with Gasteiger partial charge in [-0.25, -0.2) is 4.39 Å². The quantitative estimate of drug-likeness (QED) is 0.926. The van der Waals surface area contributed by atoms with Gasteiger partial charge in [0.05, 0.1) is 5.69 Å². The fourth-order valence-electron chi connectivity index (χ4n) is 4.64. The summed E-state index contributed by atoms with van der Waals surface area (Å²) in [6.45, 7) is 4.55. The van der Waals surface area contributed by atoms with Gasteiger partial charge in [0, 0.05) is 37.7 Å². The summed E-state index contributed by atoms with van der Waals surface area (Å²) in [6, 6.07) is 10.8. The van der Waals surface area contributed by atoms with Crippen molar-refractivity contribution in [2.75, 3.05) is 13.1 Å². The van der Waals surface area contributed by atoms with Crippen LogP contribution in [0.4, 0.5) is 4.39 Å². The zero-order chi connectivity index (χ0) is 17.4. The normalized spacial score (nSPS) is 29.6. The number of aryl methyl sites for hydroxylation is 1. The zero-order valence-corrected chi connectivity index (χ0v) is 14.7. The van der Waals surface area contributed by atoms with Gasteiger partial charge in [0.15, 0.2) is 0 Å². The van der Waals surface area contributed by atoms with Crippen molar-refractivity contribution < 1.29 is 9.50 Å². The molecule has 25 heavy (non-hydrogen) atoms. The van der Waals surface area contributed by atoms with Crippen molar-refractivity contribution in [1.29, 1.82) is 0 Å². The van der Waals surface area contributed by atoms with E-state index in [0.29, 0.717) is 0 Å². The number of fused-ring (bicyclic) bond motifs is 2. The Bertz CT molecular complexity index is 715. The standard InChI is InChI=1S/C21H25FN2O/c1-15-5-10-20(23-11-15)21(25)17-3-2-4-18(21)14-24(13-17)12-16-6-8-19(22)9-7-16/h5-11,17-18,25H,2-4,12-14H2,1H3. The second-order valence-corrected chi connectivity index (χ2v) is 7.69. The van der Waals surface area contributed by atoms with Crippen molar-refractivity contribution in [2.45, 2.75) is 38.3 Å². The van der Waals surface area contributed by atoms with E-state index in [4.69, 9.17) is 0 Å². The van der Waals surface area contributed by atoms with E-state index in [0.717, 1.165) is 49.3 Å². The van der Waals surface area contributed by atoms with Gasteiger partial charge < -0.3 is 5.11 Å². The van der Waals surface area contributed by atoms with Crippen molar-refractivity contribution in [3.8, 4) is 0 Å². The average Bonchev–Trinajstić information content (AvgIpc) is 2.58. The van der Waals surface area contributed by atoms with Crippen LogP contribution in [0.15, 0.2) is 42.6 Å². The highest BCUT2D eigenvalue weighted by molar-refractivity contribution is 5.23. The number of hydrogen-bond donors (Lipinski definition) is 1. The molecule has 1 N–H and O–H groups in total. The zero-order valence-electron chi connectivity index (χ0n) is 14.7. The molecule has 1 saturated carbocycles. The van der Waals surface area contributed by atoms with Crippen LogP contribution >= 0.6 is 0 Å². The summed E-state index contributed by atoms with van der Waals surface area (Å²) in [7, 11) is 0. The average molecular weight is 340 g/mol. The summed E-state index contributed by atoms with van der Waals surface area (Å²) < 4.78 is 13.1. The van der Waals surface area contributed by atoms with Gasteiger partial charge in [-0.2, -0.15) is 0 Å². The number of aromatic nitrogens is 1. The minimum absolute atomic E-state index is 0.195. The monoisotopic (exact) mass is 340 g/mol. The molecule has 1 aromatic heterocycles. The van der Waals surface area contributed by atoms with Crippen LogP contribution in [-0.4, -0.2) is 28.1 Å². The van der Waals surface area contributed by atoms with Crippen molar-refractivity contribution in [3.05, 3.63) is 65.2 Å². The molecular weight excluding hydrogens is 315 g/mol. The molecule has 3 nitrogen and oxygen atoms in total. The Hall–Kier alpha value is -1.78. The Balaban J connectivity index is 1.56. The first-order valence-corrected chi connectivity index (χ1v) is 9.18. The van der Waals surface area contributed by atoms with Crippen LogP contribution < -0.4 is 0 Å². The van der Waals surface area contributed by atoms with Gasteiger partial charge in [-0.3, -0.25) is 9.88 Å². The van der Waals surface area contributed by atoms with Gasteiger partial charge in [-0.1, -0.05) is 24.6 Å². The fraction of sp³-hybridized carbons (Fsp3) is 0.476. The third kappa shape index (κ3) is 3.09. The molecule has 2 heterocycles. The molecule has 0 radical (unpaired) electrons. The first kappa shape index (κ1) is 16.7. The molecule has 2 aliphatic rings. The van der Waals surface area contributed by atoms with E-state index in [1.165, 1.54) is 18.6 Å². The summed E-state index contributed by atoms with van der Waals surface area (Å²) in [4.78, 5) is 6.97. The lowest BCUT2D eigenvalue weighted by Gasteiger charge is -2.52. The first-order valence-electron chi connectivity index (χ1n) is 9.18. The first-order chi connectivity index (χ1) is 12.1. The summed E-state index contributed by atoms with van der Waals surface area (Å²) in [5, 5.41) is 11.6. The van der Waals surface area contributed by atoms with Crippen molar-refractivity contribution in [2.24, 2.45) is 11.8 Å². The molecule has 1 saturated heterocycles. The molecule has 2 unspecified atom stereocenters. The predicted octanol–water partition coefficient (Wildman–Crippen LogP) is 3.65. The lowest BCUT2D eigenvalue weighted by Crippen LogP contribution is -2.58. The number of halogens is 1. The third-order valence-electron chi connectivity index (χ3n) is 5.95. The summed E-state index contributed by atoms with van der Waals surface area (Å²) in [6.07, 6.45) is 5.09. The van der Waals surface area contributed by atoms with E-state index in [2.05, 4.69) is 9.88 Å². The van der Waals surface area contributed by atoms with Crippen LogP contribution in [0.5, 0.6) is 0 Å². The third-order valence-corrected chi connectivity index (χ3v) is 5.95. The Morgan fingerprint density at radius 1 is 1.12 bits per heavy atom. The van der Waals surface area contributed by atoms with E-state index in [1.54, 1.807) is 0 Å². The van der Waals surface area contributed by atoms with Crippen LogP contribution in [0.25, 0.3) is 0 Å². The van der Waals surface area contributed by atoms with Crippen molar-refractivity contribution in [1.82, 2.24) is 9.88 Å². The number of pyridine rings is 1. The van der Waals surface area contributed by atoms with Crippen LogP contribution in [0.1, 0.15) is 36.1 Å². The maximum Gasteiger partial charge on any atom is 0.123 e. The molecule has 4 rings (SSSR count). The van der Waals surface area contributed by atoms with Gasteiger partial charge in [-0.05, 0) is 49.1 Å². The fourth-order valence-corrected chi connectivity index (χ4v) is 4.64. The molecule has 1 aliphatic carbocycles. The topological polar surface area (TPSA) is 36.4 Å². The van der Waals surface area contributed by atoms with Crippen LogP contribution in [0.2, 0.25) is 0 Å². The molecule has 132 valence electrons. The summed E-state index contributed by atoms with van der Waals surface area (Å²) in [5.41, 5.74) is 2.25. The molecule has 2 bridgehead atoms. The summed E-state index contributed by atoms with van der Waals surface area (Å²) >= 11 is 0. The Labute approximate surface area is 148 Å². The molecule has 2 atom stereocenters. The van der Waals surface area contributed by atoms with E-state index in [-0.39, 0.29) is 17.7 Å².